The predicted molar refractivity (Wildman–Crippen MR) is 92.5 cm³/mol. The van der Waals surface area contributed by atoms with E-state index in [9.17, 15) is 4.79 Å². The molecular weight excluding hydrogens is 290 g/mol. The second-order valence-electron chi connectivity index (χ2n) is 6.56. The number of likely N-dealkylation sites (tertiary alicyclic amines) is 1. The Morgan fingerprint density at radius 3 is 2.70 bits per heavy atom. The fourth-order valence-corrected chi connectivity index (χ4v) is 2.95. The zero-order valence-electron chi connectivity index (χ0n) is 14.6. The van der Waals surface area contributed by atoms with E-state index in [1.165, 1.54) is 38.8 Å². The average Bonchev–Trinajstić information content (AvgIpc) is 2.97. The van der Waals surface area contributed by atoms with Gasteiger partial charge in [0.05, 0.1) is 6.33 Å². The Kier molecular flexibility index (Phi) is 7.39. The van der Waals surface area contributed by atoms with E-state index in [-0.39, 0.29) is 6.03 Å². The molecule has 1 N–H and O–H groups in total. The molecule has 1 aromatic heterocycles. The molecule has 23 heavy (non-hydrogen) atoms. The first-order valence-corrected chi connectivity index (χ1v) is 8.85. The lowest BCUT2D eigenvalue weighted by atomic mass is 10.2. The summed E-state index contributed by atoms with van der Waals surface area (Å²) in [5.41, 5.74) is 0. The fourth-order valence-electron chi connectivity index (χ4n) is 2.95. The van der Waals surface area contributed by atoms with Gasteiger partial charge in [-0.3, -0.25) is 0 Å². The number of hydrogen-bond donors (Lipinski definition) is 1. The molecule has 6 nitrogen and oxygen atoms in total. The molecule has 0 radical (unpaired) electrons. The van der Waals surface area contributed by atoms with Crippen LogP contribution in [0.5, 0.6) is 0 Å². The quantitative estimate of drug-likeness (QED) is 0.839. The highest BCUT2D eigenvalue weighted by atomic mass is 16.2. The highest BCUT2D eigenvalue weighted by Gasteiger charge is 2.13. The summed E-state index contributed by atoms with van der Waals surface area (Å²) in [6, 6.07) is 0.373. The van der Waals surface area contributed by atoms with Crippen molar-refractivity contribution in [1.29, 1.82) is 0 Å². The third kappa shape index (κ3) is 6.22. The van der Waals surface area contributed by atoms with Crippen LogP contribution in [0.3, 0.4) is 0 Å². The van der Waals surface area contributed by atoms with Crippen molar-refractivity contribution in [2.45, 2.75) is 45.1 Å². The topological polar surface area (TPSA) is 53.4 Å². The highest BCUT2D eigenvalue weighted by molar-refractivity contribution is 5.73. The van der Waals surface area contributed by atoms with Crippen LogP contribution in [0.4, 0.5) is 4.79 Å². The lowest BCUT2D eigenvalue weighted by Gasteiger charge is -2.24. The summed E-state index contributed by atoms with van der Waals surface area (Å²) in [6.07, 6.45) is 11.8. The Labute approximate surface area is 139 Å². The van der Waals surface area contributed by atoms with Crippen molar-refractivity contribution in [3.05, 3.63) is 18.7 Å². The number of aromatic nitrogens is 2. The van der Waals surface area contributed by atoms with Crippen LogP contribution in [0.2, 0.25) is 0 Å². The Morgan fingerprint density at radius 2 is 2.04 bits per heavy atom. The third-order valence-electron chi connectivity index (χ3n) is 4.67. The molecule has 1 aromatic rings. The molecule has 1 fully saturated rings. The largest absolute Gasteiger partial charge is 0.338 e. The minimum Gasteiger partial charge on any atom is -0.338 e. The maximum Gasteiger partial charge on any atom is 0.317 e. The summed E-state index contributed by atoms with van der Waals surface area (Å²) in [5, 5.41) is 3.01. The van der Waals surface area contributed by atoms with Crippen LogP contribution in [0.1, 0.15) is 45.1 Å². The Balaban J connectivity index is 1.60. The molecule has 1 aliphatic heterocycles. The molecule has 130 valence electrons. The number of urea groups is 1. The predicted octanol–water partition coefficient (Wildman–Crippen LogP) is 2.35. The molecule has 0 saturated carbocycles. The van der Waals surface area contributed by atoms with E-state index < -0.39 is 0 Å². The van der Waals surface area contributed by atoms with E-state index in [1.807, 2.05) is 19.6 Å². The van der Waals surface area contributed by atoms with Gasteiger partial charge in [-0.15, -0.1) is 0 Å². The van der Waals surface area contributed by atoms with E-state index in [4.69, 9.17) is 0 Å². The Bertz CT molecular complexity index is 440. The van der Waals surface area contributed by atoms with E-state index in [0.29, 0.717) is 12.6 Å². The van der Waals surface area contributed by atoms with Crippen LogP contribution >= 0.6 is 0 Å². The molecule has 1 atom stereocenters. The van der Waals surface area contributed by atoms with Gasteiger partial charge in [-0.25, -0.2) is 9.78 Å². The van der Waals surface area contributed by atoms with Crippen LogP contribution in [-0.2, 0) is 0 Å². The fraction of sp³-hybridized carbons (Fsp3) is 0.765. The number of carbonyl (C=O) groups excluding carboxylic acids is 1. The van der Waals surface area contributed by atoms with Crippen LogP contribution in [0, 0.1) is 0 Å². The Hall–Kier alpha value is -1.56. The van der Waals surface area contributed by atoms with Crippen molar-refractivity contribution in [3.8, 4) is 0 Å². The van der Waals surface area contributed by atoms with Crippen molar-refractivity contribution >= 4 is 6.03 Å². The minimum atomic E-state index is 0.0256. The molecule has 1 saturated heterocycles. The van der Waals surface area contributed by atoms with Gasteiger partial charge in [0, 0.05) is 45.1 Å². The van der Waals surface area contributed by atoms with Crippen LogP contribution < -0.4 is 5.32 Å². The second-order valence-corrected chi connectivity index (χ2v) is 6.56. The Morgan fingerprint density at radius 1 is 1.30 bits per heavy atom. The normalized spacial score (nSPS) is 17.5. The lowest BCUT2D eigenvalue weighted by molar-refractivity contribution is 0.195. The number of likely N-dealkylation sites (N-methyl/N-ethyl adjacent to an activating group) is 1. The molecular formula is C17H31N5O. The van der Waals surface area contributed by atoms with Gasteiger partial charge >= 0.3 is 6.03 Å². The number of nitrogens with one attached hydrogen (secondary N) is 1. The van der Waals surface area contributed by atoms with E-state index in [2.05, 4.69) is 26.7 Å². The van der Waals surface area contributed by atoms with Crippen molar-refractivity contribution in [3.63, 3.8) is 0 Å². The van der Waals surface area contributed by atoms with Crippen LogP contribution in [0.25, 0.3) is 0 Å². The maximum absolute atomic E-state index is 12.1. The summed E-state index contributed by atoms with van der Waals surface area (Å²) in [7, 11) is 1.88. The van der Waals surface area contributed by atoms with Gasteiger partial charge in [0.1, 0.15) is 0 Å². The number of imidazole rings is 1. The molecule has 1 unspecified atom stereocenters. The molecule has 0 spiro atoms. The SMILES string of the molecule is CC(CCNC(=O)N(C)CCN1CCCCCC1)n1ccnc1. The summed E-state index contributed by atoms with van der Waals surface area (Å²) < 4.78 is 2.06. The first kappa shape index (κ1) is 17.8. The van der Waals surface area contributed by atoms with Crippen molar-refractivity contribution in [1.82, 2.24) is 24.7 Å². The molecule has 0 aliphatic carbocycles. The number of carbonyl (C=O) groups is 1. The van der Waals surface area contributed by atoms with Crippen LogP contribution in [-0.4, -0.2) is 65.2 Å². The van der Waals surface area contributed by atoms with Crippen molar-refractivity contribution < 1.29 is 4.79 Å². The van der Waals surface area contributed by atoms with Gasteiger partial charge in [-0.05, 0) is 39.3 Å². The van der Waals surface area contributed by atoms with E-state index in [1.54, 1.807) is 11.1 Å². The number of rotatable bonds is 7. The molecule has 0 aromatic carbocycles. The zero-order valence-corrected chi connectivity index (χ0v) is 14.6. The first-order valence-electron chi connectivity index (χ1n) is 8.85. The van der Waals surface area contributed by atoms with Gasteiger partial charge in [-0.1, -0.05) is 12.8 Å². The molecule has 2 amide bonds. The number of hydrogen-bond acceptors (Lipinski definition) is 3. The molecule has 2 rings (SSSR count). The molecule has 6 heteroatoms. The molecule has 2 heterocycles. The van der Waals surface area contributed by atoms with Gasteiger partial charge < -0.3 is 19.7 Å². The van der Waals surface area contributed by atoms with Gasteiger partial charge in [-0.2, -0.15) is 0 Å². The third-order valence-corrected chi connectivity index (χ3v) is 4.67. The van der Waals surface area contributed by atoms with E-state index in [0.717, 1.165) is 19.5 Å². The average molecular weight is 321 g/mol. The smallest absolute Gasteiger partial charge is 0.317 e. The maximum atomic E-state index is 12.1. The second kappa shape index (κ2) is 9.55. The summed E-state index contributed by atoms with van der Waals surface area (Å²) >= 11 is 0. The zero-order chi connectivity index (χ0) is 16.5. The lowest BCUT2D eigenvalue weighted by Crippen LogP contribution is -2.42. The monoisotopic (exact) mass is 321 g/mol. The van der Waals surface area contributed by atoms with Gasteiger partial charge in [0.25, 0.3) is 0 Å². The summed E-state index contributed by atoms with van der Waals surface area (Å²) in [6.45, 7) is 6.96. The van der Waals surface area contributed by atoms with Crippen LogP contribution in [0.15, 0.2) is 18.7 Å². The molecule has 0 bridgehead atoms. The highest BCUT2D eigenvalue weighted by Crippen LogP contribution is 2.09. The van der Waals surface area contributed by atoms with Crippen molar-refractivity contribution in [2.75, 3.05) is 39.8 Å². The summed E-state index contributed by atoms with van der Waals surface area (Å²) in [4.78, 5) is 20.5. The summed E-state index contributed by atoms with van der Waals surface area (Å²) in [5.74, 6) is 0. The van der Waals surface area contributed by atoms with E-state index >= 15 is 0 Å². The minimum absolute atomic E-state index is 0.0256. The standard InChI is InChI=1S/C17H31N5O/c1-16(22-12-9-18-15-22)7-8-19-17(23)20(2)13-14-21-10-5-3-4-6-11-21/h9,12,15-16H,3-8,10-11,13-14H2,1-2H3,(H,19,23). The van der Waals surface area contributed by atoms with Crippen molar-refractivity contribution in [2.24, 2.45) is 0 Å². The van der Waals surface area contributed by atoms with Gasteiger partial charge in [0.15, 0.2) is 0 Å². The number of amides is 2. The molecule has 1 aliphatic rings. The first-order chi connectivity index (χ1) is 11.2. The number of nitrogens with zero attached hydrogens (tertiary/aromatic N) is 4. The van der Waals surface area contributed by atoms with Gasteiger partial charge in [0.2, 0.25) is 0 Å².